The molecule has 0 radical (unpaired) electrons. The molecule has 0 bridgehead atoms. The van der Waals surface area contributed by atoms with Gasteiger partial charge in [-0.25, -0.2) is 4.79 Å². The lowest BCUT2D eigenvalue weighted by Gasteiger charge is -2.16. The molecular formula is C20H21NO7. The summed E-state index contributed by atoms with van der Waals surface area (Å²) in [6.45, 7) is 1.02. The number of hydrogen-bond donors (Lipinski definition) is 1. The molecule has 2 aromatic rings. The normalized spacial score (nSPS) is 11.1. The molecule has 0 saturated heterocycles. The third kappa shape index (κ3) is 5.47. The monoisotopic (exact) mass is 387 g/mol. The van der Waals surface area contributed by atoms with E-state index < -0.39 is 24.6 Å². The number of carbonyl (C=O) groups is 3. The predicted octanol–water partition coefficient (Wildman–Crippen LogP) is 2.47. The lowest BCUT2D eigenvalue weighted by Crippen LogP contribution is -2.31. The second-order valence-corrected chi connectivity index (χ2v) is 5.64. The van der Waals surface area contributed by atoms with Gasteiger partial charge in [-0.15, -0.1) is 0 Å². The molecule has 0 aliphatic rings. The second kappa shape index (κ2) is 9.96. The molecule has 28 heavy (non-hydrogen) atoms. The number of methoxy groups -OCH3 is 2. The minimum Gasteiger partial charge on any atom is -0.495 e. The van der Waals surface area contributed by atoms with Gasteiger partial charge < -0.3 is 24.3 Å². The van der Waals surface area contributed by atoms with Gasteiger partial charge in [0.1, 0.15) is 12.0 Å². The fourth-order valence-electron chi connectivity index (χ4n) is 2.28. The van der Waals surface area contributed by atoms with Crippen LogP contribution in [0.1, 0.15) is 17.3 Å². The molecule has 8 heteroatoms. The van der Waals surface area contributed by atoms with E-state index in [0.29, 0.717) is 29.0 Å². The number of anilines is 1. The molecule has 2 aromatic carbocycles. The summed E-state index contributed by atoms with van der Waals surface area (Å²) in [6.07, 6.45) is -0.372. The van der Waals surface area contributed by atoms with Crippen LogP contribution in [-0.4, -0.2) is 45.1 Å². The van der Waals surface area contributed by atoms with Crippen molar-refractivity contribution in [3.63, 3.8) is 0 Å². The molecule has 0 heterocycles. The highest BCUT2D eigenvalue weighted by Gasteiger charge is 2.20. The van der Waals surface area contributed by atoms with Crippen LogP contribution in [-0.2, 0) is 14.3 Å². The molecular weight excluding hydrogens is 366 g/mol. The standard InChI is InChI=1S/C20H21NO7/c1-13(20(24)21-15-6-4-5-7-16(15)25-2)28-19(23)12-27-17-9-8-14(11-22)10-18(17)26-3/h4-11,13H,12H2,1-3H3,(H,21,24)/t13-/m0/s1. The first-order valence-corrected chi connectivity index (χ1v) is 8.37. The Balaban J connectivity index is 1.90. The quantitative estimate of drug-likeness (QED) is 0.521. The highest BCUT2D eigenvalue weighted by atomic mass is 16.6. The number of esters is 1. The third-order valence-corrected chi connectivity index (χ3v) is 3.71. The van der Waals surface area contributed by atoms with E-state index in [1.54, 1.807) is 24.3 Å². The number of hydrogen-bond acceptors (Lipinski definition) is 7. The molecule has 1 N–H and O–H groups in total. The van der Waals surface area contributed by atoms with Crippen molar-refractivity contribution in [2.45, 2.75) is 13.0 Å². The number of rotatable bonds is 9. The molecule has 0 saturated carbocycles. The molecule has 0 fully saturated rings. The maximum atomic E-state index is 12.2. The van der Waals surface area contributed by atoms with Gasteiger partial charge in [-0.2, -0.15) is 0 Å². The molecule has 0 unspecified atom stereocenters. The maximum Gasteiger partial charge on any atom is 0.344 e. The van der Waals surface area contributed by atoms with Gasteiger partial charge in [-0.05, 0) is 37.3 Å². The number of carbonyl (C=O) groups excluding carboxylic acids is 3. The second-order valence-electron chi connectivity index (χ2n) is 5.64. The lowest BCUT2D eigenvalue weighted by atomic mass is 10.2. The van der Waals surface area contributed by atoms with E-state index in [1.807, 2.05) is 0 Å². The largest absolute Gasteiger partial charge is 0.495 e. The van der Waals surface area contributed by atoms with Crippen LogP contribution in [0.3, 0.4) is 0 Å². The van der Waals surface area contributed by atoms with Crippen LogP contribution in [0.25, 0.3) is 0 Å². The van der Waals surface area contributed by atoms with Crippen molar-refractivity contribution < 1.29 is 33.3 Å². The lowest BCUT2D eigenvalue weighted by molar-refractivity contribution is -0.155. The molecule has 0 aliphatic heterocycles. The summed E-state index contributed by atoms with van der Waals surface area (Å²) in [5.74, 6) is -0.172. The predicted molar refractivity (Wildman–Crippen MR) is 101 cm³/mol. The zero-order valence-corrected chi connectivity index (χ0v) is 15.8. The van der Waals surface area contributed by atoms with Gasteiger partial charge >= 0.3 is 5.97 Å². The van der Waals surface area contributed by atoms with E-state index in [-0.39, 0.29) is 5.75 Å². The third-order valence-electron chi connectivity index (χ3n) is 3.71. The first kappa shape index (κ1) is 20.8. The molecule has 0 aromatic heterocycles. The van der Waals surface area contributed by atoms with E-state index in [1.165, 1.54) is 39.3 Å². The minimum absolute atomic E-state index is 0.274. The minimum atomic E-state index is -1.04. The number of aldehydes is 1. The van der Waals surface area contributed by atoms with Crippen LogP contribution in [0.4, 0.5) is 5.69 Å². The Morgan fingerprint density at radius 2 is 1.75 bits per heavy atom. The fourth-order valence-corrected chi connectivity index (χ4v) is 2.28. The number of benzene rings is 2. The molecule has 1 atom stereocenters. The number of para-hydroxylation sites is 2. The van der Waals surface area contributed by atoms with Crippen molar-refractivity contribution >= 4 is 23.9 Å². The van der Waals surface area contributed by atoms with Crippen LogP contribution in [0.5, 0.6) is 17.2 Å². The Bertz CT molecular complexity index is 850. The Morgan fingerprint density at radius 3 is 2.43 bits per heavy atom. The summed E-state index contributed by atoms with van der Waals surface area (Å²) < 4.78 is 20.7. The van der Waals surface area contributed by atoms with Crippen molar-refractivity contribution in [3.05, 3.63) is 48.0 Å². The van der Waals surface area contributed by atoms with Crippen molar-refractivity contribution in [1.29, 1.82) is 0 Å². The van der Waals surface area contributed by atoms with Crippen LogP contribution in [0, 0.1) is 0 Å². The van der Waals surface area contributed by atoms with E-state index >= 15 is 0 Å². The van der Waals surface area contributed by atoms with Crippen LogP contribution >= 0.6 is 0 Å². The maximum absolute atomic E-state index is 12.2. The molecule has 0 aliphatic carbocycles. The average Bonchev–Trinajstić information content (AvgIpc) is 2.72. The molecule has 8 nitrogen and oxygen atoms in total. The summed E-state index contributed by atoms with van der Waals surface area (Å²) in [4.78, 5) is 35.0. The van der Waals surface area contributed by atoms with Gasteiger partial charge in [0.25, 0.3) is 5.91 Å². The molecule has 2 rings (SSSR count). The van der Waals surface area contributed by atoms with Gasteiger partial charge in [0.2, 0.25) is 0 Å². The first-order valence-electron chi connectivity index (χ1n) is 8.37. The van der Waals surface area contributed by atoms with E-state index in [4.69, 9.17) is 18.9 Å². The Kier molecular flexibility index (Phi) is 7.38. The van der Waals surface area contributed by atoms with Crippen molar-refractivity contribution in [3.8, 4) is 17.2 Å². The summed E-state index contributed by atoms with van der Waals surface area (Å²) in [6, 6.07) is 11.4. The van der Waals surface area contributed by atoms with Gasteiger partial charge in [0.05, 0.1) is 19.9 Å². The summed E-state index contributed by atoms with van der Waals surface area (Å²) in [7, 11) is 2.90. The number of nitrogens with one attached hydrogen (secondary N) is 1. The topological polar surface area (TPSA) is 100 Å². The highest BCUT2D eigenvalue weighted by Crippen LogP contribution is 2.27. The van der Waals surface area contributed by atoms with Gasteiger partial charge in [0, 0.05) is 5.56 Å². The first-order chi connectivity index (χ1) is 13.5. The summed E-state index contributed by atoms with van der Waals surface area (Å²) >= 11 is 0. The van der Waals surface area contributed by atoms with Gasteiger partial charge in [0.15, 0.2) is 24.2 Å². The van der Waals surface area contributed by atoms with Crippen molar-refractivity contribution in [2.24, 2.45) is 0 Å². The van der Waals surface area contributed by atoms with E-state index in [9.17, 15) is 14.4 Å². The van der Waals surface area contributed by atoms with Crippen LogP contribution in [0.15, 0.2) is 42.5 Å². The zero-order chi connectivity index (χ0) is 20.5. The summed E-state index contributed by atoms with van der Waals surface area (Å²) in [5.41, 5.74) is 0.877. The molecule has 1 amide bonds. The van der Waals surface area contributed by atoms with Gasteiger partial charge in [-0.1, -0.05) is 12.1 Å². The van der Waals surface area contributed by atoms with E-state index in [2.05, 4.69) is 5.32 Å². The smallest absolute Gasteiger partial charge is 0.344 e. The SMILES string of the molecule is COc1ccccc1NC(=O)[C@H](C)OC(=O)COc1ccc(C=O)cc1OC. The van der Waals surface area contributed by atoms with E-state index in [0.717, 1.165) is 0 Å². The van der Waals surface area contributed by atoms with Gasteiger partial charge in [-0.3, -0.25) is 9.59 Å². The highest BCUT2D eigenvalue weighted by molar-refractivity contribution is 5.96. The molecule has 148 valence electrons. The Hall–Kier alpha value is -3.55. The Labute approximate surface area is 162 Å². The molecule has 0 spiro atoms. The van der Waals surface area contributed by atoms with Crippen molar-refractivity contribution in [2.75, 3.05) is 26.1 Å². The summed E-state index contributed by atoms with van der Waals surface area (Å²) in [5, 5.41) is 2.64. The average molecular weight is 387 g/mol. The van der Waals surface area contributed by atoms with Crippen LogP contribution in [0.2, 0.25) is 0 Å². The fraction of sp³-hybridized carbons (Fsp3) is 0.250. The number of amides is 1. The van der Waals surface area contributed by atoms with Crippen LogP contribution < -0.4 is 19.5 Å². The Morgan fingerprint density at radius 1 is 1.04 bits per heavy atom. The zero-order valence-electron chi connectivity index (χ0n) is 15.8. The number of ether oxygens (including phenoxy) is 4. The van der Waals surface area contributed by atoms with Crippen molar-refractivity contribution in [1.82, 2.24) is 0 Å².